The molecule has 2 N–H and O–H groups in total. The molecule has 0 atom stereocenters. The highest BCUT2D eigenvalue weighted by atomic mass is 35.5. The highest BCUT2D eigenvalue weighted by molar-refractivity contribution is 7.92. The van der Waals surface area contributed by atoms with E-state index in [1.807, 2.05) is 5.32 Å². The average molecular weight is 479 g/mol. The van der Waals surface area contributed by atoms with Crippen LogP contribution in [0.4, 0.5) is 24.5 Å². The van der Waals surface area contributed by atoms with Crippen molar-refractivity contribution in [2.75, 3.05) is 22.4 Å². The lowest BCUT2D eigenvalue weighted by Gasteiger charge is -2.14. The lowest BCUT2D eigenvalue weighted by Crippen LogP contribution is -2.23. The number of sulfonamides is 1. The smallest absolute Gasteiger partial charge is 0.418 e. The number of halogens is 4. The summed E-state index contributed by atoms with van der Waals surface area (Å²) in [6.45, 7) is 0.838. The lowest BCUT2D eigenvalue weighted by molar-refractivity contribution is -0.137. The SMILES string of the molecule is CCCS(=O)(=O)Nc1cccc(C(=O)OCC(=O)Nc2ccc(Cl)cc2C(F)(F)F)c1. The molecule has 0 spiro atoms. The standard InChI is InChI=1S/C19H18ClF3N2O5S/c1-2-8-31(28,29)25-14-5-3-4-12(9-14)18(27)30-11-17(26)24-16-7-6-13(20)10-15(16)19(21,22)23/h3-7,9-10,25H,2,8,11H2,1H3,(H,24,26). The van der Waals surface area contributed by atoms with Crippen LogP contribution >= 0.6 is 11.6 Å². The van der Waals surface area contributed by atoms with Gasteiger partial charge in [0.15, 0.2) is 6.61 Å². The zero-order chi connectivity index (χ0) is 23.2. The molecule has 12 heteroatoms. The Morgan fingerprint density at radius 3 is 2.48 bits per heavy atom. The summed E-state index contributed by atoms with van der Waals surface area (Å²) in [6, 6.07) is 8.20. The monoisotopic (exact) mass is 478 g/mol. The first-order valence-electron chi connectivity index (χ1n) is 8.85. The lowest BCUT2D eigenvalue weighted by atomic mass is 10.1. The Morgan fingerprint density at radius 1 is 1.13 bits per heavy atom. The molecular formula is C19H18ClF3N2O5S. The van der Waals surface area contributed by atoms with Crippen LogP contribution in [0.2, 0.25) is 5.02 Å². The van der Waals surface area contributed by atoms with Gasteiger partial charge in [0, 0.05) is 10.7 Å². The van der Waals surface area contributed by atoms with Gasteiger partial charge in [-0.1, -0.05) is 24.6 Å². The van der Waals surface area contributed by atoms with Crippen LogP contribution in [0.15, 0.2) is 42.5 Å². The summed E-state index contributed by atoms with van der Waals surface area (Å²) in [7, 11) is -3.57. The molecule has 0 bridgehead atoms. The summed E-state index contributed by atoms with van der Waals surface area (Å²) in [5.74, 6) is -2.06. The normalized spacial score (nSPS) is 11.6. The van der Waals surface area contributed by atoms with Gasteiger partial charge in [0.2, 0.25) is 10.0 Å². The molecule has 1 amide bonds. The van der Waals surface area contributed by atoms with Crippen LogP contribution in [0, 0.1) is 0 Å². The van der Waals surface area contributed by atoms with E-state index in [9.17, 15) is 31.2 Å². The summed E-state index contributed by atoms with van der Waals surface area (Å²) in [5.41, 5.74) is -1.60. The van der Waals surface area contributed by atoms with Crippen LogP contribution in [-0.4, -0.2) is 32.7 Å². The zero-order valence-electron chi connectivity index (χ0n) is 16.1. The first kappa shape index (κ1) is 24.5. The van der Waals surface area contributed by atoms with Crippen molar-refractivity contribution in [2.45, 2.75) is 19.5 Å². The van der Waals surface area contributed by atoms with Crippen molar-refractivity contribution in [2.24, 2.45) is 0 Å². The van der Waals surface area contributed by atoms with Crippen LogP contribution in [0.1, 0.15) is 29.3 Å². The second kappa shape index (κ2) is 10.0. The van der Waals surface area contributed by atoms with E-state index in [4.69, 9.17) is 16.3 Å². The number of hydrogen-bond acceptors (Lipinski definition) is 5. The van der Waals surface area contributed by atoms with Crippen LogP contribution in [0.3, 0.4) is 0 Å². The van der Waals surface area contributed by atoms with Gasteiger partial charge in [-0.15, -0.1) is 0 Å². The number of carbonyl (C=O) groups is 2. The third-order valence-electron chi connectivity index (χ3n) is 3.74. The Bertz CT molecular complexity index is 1070. The van der Waals surface area contributed by atoms with Crippen molar-refractivity contribution in [1.29, 1.82) is 0 Å². The maximum absolute atomic E-state index is 13.1. The molecule has 0 saturated heterocycles. The number of anilines is 2. The van der Waals surface area contributed by atoms with Crippen molar-refractivity contribution in [3.63, 3.8) is 0 Å². The molecular weight excluding hydrogens is 461 g/mol. The van der Waals surface area contributed by atoms with E-state index in [-0.39, 0.29) is 22.0 Å². The summed E-state index contributed by atoms with van der Waals surface area (Å²) >= 11 is 5.58. The molecule has 0 aromatic heterocycles. The maximum atomic E-state index is 13.1. The van der Waals surface area contributed by atoms with Crippen LogP contribution in [-0.2, 0) is 25.7 Å². The number of alkyl halides is 3. The third kappa shape index (κ3) is 7.44. The highest BCUT2D eigenvalue weighted by Crippen LogP contribution is 2.36. The highest BCUT2D eigenvalue weighted by Gasteiger charge is 2.34. The summed E-state index contributed by atoms with van der Waals surface area (Å²) in [4.78, 5) is 24.1. The van der Waals surface area contributed by atoms with Crippen molar-refractivity contribution in [3.8, 4) is 0 Å². The number of ether oxygens (including phenoxy) is 1. The number of carbonyl (C=O) groups excluding carboxylic acids is 2. The van der Waals surface area contributed by atoms with Gasteiger partial charge >= 0.3 is 12.1 Å². The molecule has 0 saturated carbocycles. The molecule has 168 valence electrons. The largest absolute Gasteiger partial charge is 0.452 e. The zero-order valence-corrected chi connectivity index (χ0v) is 17.7. The second-order valence-corrected chi connectivity index (χ2v) is 8.59. The number of amides is 1. The van der Waals surface area contributed by atoms with Crippen molar-refractivity contribution >= 4 is 44.9 Å². The Kier molecular flexibility index (Phi) is 7.91. The number of hydrogen-bond donors (Lipinski definition) is 2. The van der Waals surface area contributed by atoms with Crippen LogP contribution in [0.25, 0.3) is 0 Å². The molecule has 0 aliphatic carbocycles. The molecule has 0 radical (unpaired) electrons. The van der Waals surface area contributed by atoms with Gasteiger partial charge in [0.05, 0.1) is 22.6 Å². The molecule has 0 fully saturated rings. The fourth-order valence-corrected chi connectivity index (χ4v) is 3.77. The van der Waals surface area contributed by atoms with Gasteiger partial charge in [-0.2, -0.15) is 13.2 Å². The molecule has 0 aliphatic heterocycles. The third-order valence-corrected chi connectivity index (χ3v) is 5.47. The van der Waals surface area contributed by atoms with Gasteiger partial charge in [0.25, 0.3) is 5.91 Å². The van der Waals surface area contributed by atoms with E-state index in [2.05, 4.69) is 4.72 Å². The number of benzene rings is 2. The molecule has 2 aromatic rings. The quantitative estimate of drug-likeness (QED) is 0.551. The van der Waals surface area contributed by atoms with E-state index in [0.29, 0.717) is 12.5 Å². The Labute approximate surface area is 181 Å². The maximum Gasteiger partial charge on any atom is 0.418 e. The van der Waals surface area contributed by atoms with Crippen LogP contribution < -0.4 is 10.0 Å². The fraction of sp³-hybridized carbons (Fsp3) is 0.263. The Hall–Kier alpha value is -2.79. The summed E-state index contributed by atoms with van der Waals surface area (Å²) in [5, 5.41) is 1.86. The van der Waals surface area contributed by atoms with Gasteiger partial charge in [0.1, 0.15) is 0 Å². The molecule has 2 aromatic carbocycles. The minimum Gasteiger partial charge on any atom is -0.452 e. The second-order valence-electron chi connectivity index (χ2n) is 6.31. The molecule has 31 heavy (non-hydrogen) atoms. The fourth-order valence-electron chi connectivity index (χ4n) is 2.47. The minimum absolute atomic E-state index is 0.0491. The van der Waals surface area contributed by atoms with Gasteiger partial charge in [-0.3, -0.25) is 9.52 Å². The number of rotatable bonds is 8. The Morgan fingerprint density at radius 2 is 1.84 bits per heavy atom. The predicted molar refractivity (Wildman–Crippen MR) is 110 cm³/mol. The predicted octanol–water partition coefficient (Wildman–Crippen LogP) is 4.31. The van der Waals surface area contributed by atoms with Gasteiger partial charge in [-0.25, -0.2) is 13.2 Å². The first-order chi connectivity index (χ1) is 14.4. The van der Waals surface area contributed by atoms with Gasteiger partial charge < -0.3 is 10.1 Å². The molecule has 2 rings (SSSR count). The molecule has 0 aliphatic rings. The molecule has 0 unspecified atom stereocenters. The first-order valence-corrected chi connectivity index (χ1v) is 10.9. The van der Waals surface area contributed by atoms with E-state index in [1.165, 1.54) is 30.3 Å². The van der Waals surface area contributed by atoms with E-state index in [0.717, 1.165) is 6.07 Å². The van der Waals surface area contributed by atoms with E-state index < -0.39 is 45.9 Å². The Balaban J connectivity index is 2.02. The minimum atomic E-state index is -4.75. The van der Waals surface area contributed by atoms with Crippen molar-refractivity contribution < 1.29 is 35.9 Å². The number of nitrogens with one attached hydrogen (secondary N) is 2. The van der Waals surface area contributed by atoms with Crippen molar-refractivity contribution in [3.05, 3.63) is 58.6 Å². The van der Waals surface area contributed by atoms with Crippen molar-refractivity contribution in [1.82, 2.24) is 0 Å². The summed E-state index contributed by atoms with van der Waals surface area (Å²) < 4.78 is 70.0. The van der Waals surface area contributed by atoms with E-state index in [1.54, 1.807) is 6.92 Å². The summed E-state index contributed by atoms with van der Waals surface area (Å²) in [6.07, 6.45) is -4.36. The van der Waals surface area contributed by atoms with Crippen LogP contribution in [0.5, 0.6) is 0 Å². The van der Waals surface area contributed by atoms with E-state index >= 15 is 0 Å². The number of esters is 1. The van der Waals surface area contributed by atoms with Gasteiger partial charge in [-0.05, 0) is 42.8 Å². The average Bonchev–Trinajstić information content (AvgIpc) is 2.66. The topological polar surface area (TPSA) is 102 Å². The molecule has 0 heterocycles. The molecule has 7 nitrogen and oxygen atoms in total.